The van der Waals surface area contributed by atoms with Crippen LogP contribution in [0.3, 0.4) is 0 Å². The molecule has 0 amide bonds. The molecule has 0 atom stereocenters. The van der Waals surface area contributed by atoms with Gasteiger partial charge in [0, 0.05) is 6.20 Å². The number of H-pyrrole nitrogens is 1. The van der Waals surface area contributed by atoms with Gasteiger partial charge in [-0.3, -0.25) is 4.57 Å². The van der Waals surface area contributed by atoms with Gasteiger partial charge in [-0.15, -0.1) is 0 Å². The van der Waals surface area contributed by atoms with E-state index in [1.54, 1.807) is 27.7 Å². The smallest absolute Gasteiger partial charge is 0.305 e. The Morgan fingerprint density at radius 2 is 1.85 bits per heavy atom. The predicted octanol–water partition coefficient (Wildman–Crippen LogP) is 2.73. The summed E-state index contributed by atoms with van der Waals surface area (Å²) in [5.41, 5.74) is 4.83. The van der Waals surface area contributed by atoms with Gasteiger partial charge in [-0.25, -0.2) is 19.3 Å². The number of nitrogens with one attached hydrogen (secondary N) is 1. The average Bonchev–Trinajstić information content (AvgIpc) is 3.23. The molecule has 7 nitrogen and oxygen atoms in total. The first kappa shape index (κ1) is 14.6. The van der Waals surface area contributed by atoms with Crippen molar-refractivity contribution in [3.05, 3.63) is 77.2 Å². The fraction of sp³-hybridized carbons (Fsp3) is 0.0526. The molecule has 0 aliphatic carbocycles. The minimum Gasteiger partial charge on any atom is -0.305 e. The van der Waals surface area contributed by atoms with Gasteiger partial charge in [0.05, 0.1) is 46.4 Å². The van der Waals surface area contributed by atoms with Crippen molar-refractivity contribution in [1.82, 2.24) is 29.1 Å². The highest BCUT2D eigenvalue weighted by Crippen LogP contribution is 2.22. The van der Waals surface area contributed by atoms with Gasteiger partial charge < -0.3 is 4.98 Å². The fourth-order valence-electron chi connectivity index (χ4n) is 3.26. The van der Waals surface area contributed by atoms with E-state index in [0.717, 1.165) is 27.7 Å². The number of pyridine rings is 1. The topological polar surface area (TPSA) is 80.9 Å². The molecule has 0 unspecified atom stereocenters. The first-order chi connectivity index (χ1) is 12.7. The van der Waals surface area contributed by atoms with Crippen molar-refractivity contribution in [1.29, 1.82) is 0 Å². The van der Waals surface area contributed by atoms with Crippen LogP contribution in [0, 0.1) is 6.92 Å². The highest BCUT2D eigenvalue weighted by atomic mass is 16.1. The fourth-order valence-corrected chi connectivity index (χ4v) is 3.26. The number of rotatable bonds is 2. The summed E-state index contributed by atoms with van der Waals surface area (Å²) in [6, 6.07) is 11.6. The third-order valence-corrected chi connectivity index (χ3v) is 4.47. The van der Waals surface area contributed by atoms with Gasteiger partial charge in [-0.1, -0.05) is 18.2 Å². The molecule has 0 radical (unpaired) electrons. The van der Waals surface area contributed by atoms with Gasteiger partial charge in [0.2, 0.25) is 0 Å². The van der Waals surface area contributed by atoms with Crippen LogP contribution in [0.15, 0.2) is 66.0 Å². The Balaban J connectivity index is 1.66. The molecule has 126 valence electrons. The van der Waals surface area contributed by atoms with Crippen molar-refractivity contribution in [2.24, 2.45) is 0 Å². The molecule has 0 bridgehead atoms. The Hall–Kier alpha value is -3.74. The number of nitrogens with zero attached hydrogens (tertiary/aromatic N) is 5. The number of aromatic nitrogens is 6. The van der Waals surface area contributed by atoms with Crippen LogP contribution in [0.2, 0.25) is 0 Å². The molecule has 0 aliphatic heterocycles. The zero-order valence-corrected chi connectivity index (χ0v) is 13.9. The number of aromatic amines is 1. The Labute approximate surface area is 147 Å². The SMILES string of the molecule is Cc1cccc2[nH]c(=O)n(-c3cnc(-c4cnn5ccccc45)nc3)c12. The zero-order valence-electron chi connectivity index (χ0n) is 13.9. The Morgan fingerprint density at radius 3 is 2.69 bits per heavy atom. The van der Waals surface area contributed by atoms with Crippen LogP contribution in [0.25, 0.3) is 33.6 Å². The summed E-state index contributed by atoms with van der Waals surface area (Å²) in [5.74, 6) is 0.569. The predicted molar refractivity (Wildman–Crippen MR) is 98.4 cm³/mol. The van der Waals surface area contributed by atoms with Crippen LogP contribution in [-0.4, -0.2) is 29.1 Å². The lowest BCUT2D eigenvalue weighted by Crippen LogP contribution is -2.15. The Morgan fingerprint density at radius 1 is 1.00 bits per heavy atom. The highest BCUT2D eigenvalue weighted by Gasteiger charge is 2.13. The third kappa shape index (κ3) is 2.07. The number of hydrogen-bond donors (Lipinski definition) is 1. The lowest BCUT2D eigenvalue weighted by molar-refractivity contribution is 0.961. The Bertz CT molecular complexity index is 1310. The summed E-state index contributed by atoms with van der Waals surface area (Å²) in [5, 5.41) is 4.31. The molecule has 5 rings (SSSR count). The second kappa shape index (κ2) is 5.38. The summed E-state index contributed by atoms with van der Waals surface area (Å²) in [4.78, 5) is 24.2. The summed E-state index contributed by atoms with van der Waals surface area (Å²) < 4.78 is 3.38. The van der Waals surface area contributed by atoms with Crippen LogP contribution in [0.5, 0.6) is 0 Å². The number of para-hydroxylation sites is 1. The normalized spacial score (nSPS) is 11.4. The van der Waals surface area contributed by atoms with E-state index in [1.807, 2.05) is 49.5 Å². The molecule has 0 saturated heterocycles. The summed E-state index contributed by atoms with van der Waals surface area (Å²) >= 11 is 0. The van der Waals surface area contributed by atoms with Crippen molar-refractivity contribution in [2.75, 3.05) is 0 Å². The van der Waals surface area contributed by atoms with E-state index in [9.17, 15) is 4.79 Å². The monoisotopic (exact) mass is 342 g/mol. The van der Waals surface area contributed by atoms with Crippen LogP contribution < -0.4 is 5.69 Å². The number of fused-ring (bicyclic) bond motifs is 2. The Kier molecular flexibility index (Phi) is 3.02. The summed E-state index contributed by atoms with van der Waals surface area (Å²) in [6.07, 6.45) is 6.94. The number of hydrogen-bond acceptors (Lipinski definition) is 4. The average molecular weight is 342 g/mol. The molecule has 4 heterocycles. The summed E-state index contributed by atoms with van der Waals surface area (Å²) in [7, 11) is 0. The lowest BCUT2D eigenvalue weighted by atomic mass is 10.2. The molecule has 0 aliphatic rings. The highest BCUT2D eigenvalue weighted by molar-refractivity contribution is 5.81. The lowest BCUT2D eigenvalue weighted by Gasteiger charge is -2.05. The molecule has 7 heteroatoms. The van der Waals surface area contributed by atoms with Crippen molar-refractivity contribution < 1.29 is 0 Å². The van der Waals surface area contributed by atoms with E-state index < -0.39 is 0 Å². The van der Waals surface area contributed by atoms with Gasteiger partial charge in [-0.05, 0) is 30.7 Å². The zero-order chi connectivity index (χ0) is 17.7. The maximum atomic E-state index is 12.4. The van der Waals surface area contributed by atoms with E-state index in [0.29, 0.717) is 11.5 Å². The quantitative estimate of drug-likeness (QED) is 0.535. The largest absolute Gasteiger partial charge is 0.331 e. The van der Waals surface area contributed by atoms with Gasteiger partial charge >= 0.3 is 5.69 Å². The molecule has 1 N–H and O–H groups in total. The molecular weight excluding hydrogens is 328 g/mol. The standard InChI is InChI=1S/C19H14N6O/c1-12-5-4-6-15-17(12)25(19(26)23-15)13-9-20-18(21-10-13)14-11-22-24-8-3-2-7-16(14)24/h2-11H,1H3,(H,23,26). The molecule has 0 fully saturated rings. The van der Waals surface area contributed by atoms with Gasteiger partial charge in [-0.2, -0.15) is 5.10 Å². The molecule has 0 spiro atoms. The van der Waals surface area contributed by atoms with Crippen LogP contribution in [0.1, 0.15) is 5.56 Å². The second-order valence-corrected chi connectivity index (χ2v) is 6.09. The number of imidazole rings is 1. The first-order valence-electron chi connectivity index (χ1n) is 8.18. The van der Waals surface area contributed by atoms with E-state index in [1.165, 1.54) is 0 Å². The molecule has 4 aromatic heterocycles. The van der Waals surface area contributed by atoms with Gasteiger partial charge in [0.25, 0.3) is 0 Å². The van der Waals surface area contributed by atoms with Gasteiger partial charge in [0.15, 0.2) is 5.82 Å². The van der Waals surface area contributed by atoms with Crippen LogP contribution in [0.4, 0.5) is 0 Å². The van der Waals surface area contributed by atoms with Crippen LogP contribution in [-0.2, 0) is 0 Å². The number of aryl methyl sites for hydroxylation is 1. The molecule has 1 aromatic carbocycles. The van der Waals surface area contributed by atoms with E-state index in [2.05, 4.69) is 20.1 Å². The molecule has 5 aromatic rings. The molecule has 26 heavy (non-hydrogen) atoms. The van der Waals surface area contributed by atoms with Crippen molar-refractivity contribution in [3.8, 4) is 17.1 Å². The van der Waals surface area contributed by atoms with E-state index in [-0.39, 0.29) is 5.69 Å². The van der Waals surface area contributed by atoms with Crippen molar-refractivity contribution in [2.45, 2.75) is 6.92 Å². The maximum absolute atomic E-state index is 12.4. The number of benzene rings is 1. The van der Waals surface area contributed by atoms with Crippen molar-refractivity contribution in [3.63, 3.8) is 0 Å². The first-order valence-corrected chi connectivity index (χ1v) is 8.18. The van der Waals surface area contributed by atoms with Crippen molar-refractivity contribution >= 4 is 16.6 Å². The summed E-state index contributed by atoms with van der Waals surface area (Å²) in [6.45, 7) is 1.97. The van der Waals surface area contributed by atoms with Gasteiger partial charge in [0.1, 0.15) is 0 Å². The minimum atomic E-state index is -0.207. The minimum absolute atomic E-state index is 0.207. The molecule has 0 saturated carbocycles. The molecular formula is C19H14N6O. The third-order valence-electron chi connectivity index (χ3n) is 4.47. The second-order valence-electron chi connectivity index (χ2n) is 6.09. The van der Waals surface area contributed by atoms with E-state index >= 15 is 0 Å². The van der Waals surface area contributed by atoms with E-state index in [4.69, 9.17) is 0 Å². The maximum Gasteiger partial charge on any atom is 0.331 e. The van der Waals surface area contributed by atoms with Crippen LogP contribution >= 0.6 is 0 Å².